The lowest BCUT2D eigenvalue weighted by Crippen LogP contribution is -2.30. The summed E-state index contributed by atoms with van der Waals surface area (Å²) in [6, 6.07) is 10.5. The number of phenols is 1. The van der Waals surface area contributed by atoms with Gasteiger partial charge in [0, 0.05) is 49.9 Å². The van der Waals surface area contributed by atoms with Gasteiger partial charge in [0.05, 0.1) is 0 Å². The lowest BCUT2D eigenvalue weighted by molar-refractivity contribution is 0.162. The van der Waals surface area contributed by atoms with Crippen LogP contribution in [0.25, 0.3) is 22.3 Å². The minimum absolute atomic E-state index is 0.000819. The van der Waals surface area contributed by atoms with Crippen LogP contribution in [0.15, 0.2) is 51.7 Å². The van der Waals surface area contributed by atoms with Gasteiger partial charge in [-0.15, -0.1) is 0 Å². The van der Waals surface area contributed by atoms with E-state index >= 15 is 0 Å². The summed E-state index contributed by atoms with van der Waals surface area (Å²) < 4.78 is 16.7. The Labute approximate surface area is 195 Å². The Morgan fingerprint density at radius 1 is 0.794 bits per heavy atom. The lowest BCUT2D eigenvalue weighted by Gasteiger charge is -2.15. The van der Waals surface area contributed by atoms with Gasteiger partial charge in [0.2, 0.25) is 0 Å². The number of benzene rings is 2. The van der Waals surface area contributed by atoms with Crippen LogP contribution >= 0.6 is 0 Å². The van der Waals surface area contributed by atoms with Crippen molar-refractivity contribution in [3.8, 4) is 28.6 Å². The first kappa shape index (κ1) is 21.8. The minimum Gasteiger partial charge on any atom is -0.507 e. The maximum absolute atomic E-state index is 12.7. The highest BCUT2D eigenvalue weighted by atomic mass is 16.6. The second-order valence-corrected chi connectivity index (χ2v) is 8.44. The number of phenolic OH excluding ortho intramolecular Hbond substituents is 1. The molecule has 0 aliphatic carbocycles. The van der Waals surface area contributed by atoms with Crippen molar-refractivity contribution in [1.82, 2.24) is 9.80 Å². The smallest absolute Gasteiger partial charge is 0.415 e. The Balaban J connectivity index is 1.39. The molecule has 0 bridgehead atoms. The standard InChI is InChI=1S/C25H24N2O7/c28-19-13-18(33-25(31)27-11-3-4-12-27)14-22-23(19)20(29)15-21(34-22)16-5-7-17(8-6-16)32-24(30)26-9-1-2-10-26/h5-8,13-15,28H,1-4,9-12H2. The van der Waals surface area contributed by atoms with Gasteiger partial charge in [0.1, 0.15) is 34.0 Å². The molecular formula is C25H24N2O7. The largest absolute Gasteiger partial charge is 0.507 e. The molecule has 1 N–H and O–H groups in total. The summed E-state index contributed by atoms with van der Waals surface area (Å²) in [6.07, 6.45) is 2.91. The molecule has 3 aromatic rings. The fourth-order valence-corrected chi connectivity index (χ4v) is 4.26. The molecule has 2 saturated heterocycles. The van der Waals surface area contributed by atoms with Gasteiger partial charge >= 0.3 is 12.2 Å². The normalized spacial score (nSPS) is 15.6. The number of carbonyl (C=O) groups is 2. The Hall–Kier alpha value is -4.01. The zero-order chi connectivity index (χ0) is 23.7. The highest BCUT2D eigenvalue weighted by Gasteiger charge is 2.22. The van der Waals surface area contributed by atoms with Gasteiger partial charge < -0.3 is 28.8 Å². The summed E-state index contributed by atoms with van der Waals surface area (Å²) in [5.74, 6) is 0.410. The quantitative estimate of drug-likeness (QED) is 0.613. The van der Waals surface area contributed by atoms with E-state index in [1.54, 1.807) is 34.1 Å². The van der Waals surface area contributed by atoms with Crippen molar-refractivity contribution < 1.29 is 28.6 Å². The molecule has 0 radical (unpaired) electrons. The van der Waals surface area contributed by atoms with Gasteiger partial charge in [-0.05, 0) is 49.9 Å². The van der Waals surface area contributed by atoms with Crippen LogP contribution in [0.5, 0.6) is 17.2 Å². The Kier molecular flexibility index (Phi) is 5.83. The van der Waals surface area contributed by atoms with Crippen molar-refractivity contribution in [2.24, 2.45) is 0 Å². The molecule has 2 aliphatic rings. The molecule has 3 heterocycles. The Morgan fingerprint density at radius 3 is 1.94 bits per heavy atom. The first-order valence-electron chi connectivity index (χ1n) is 11.3. The van der Waals surface area contributed by atoms with Crippen LogP contribution in [0, 0.1) is 0 Å². The van der Waals surface area contributed by atoms with Crippen molar-refractivity contribution in [2.75, 3.05) is 26.2 Å². The molecule has 0 atom stereocenters. The molecule has 1 aromatic heterocycles. The van der Waals surface area contributed by atoms with Crippen LogP contribution in [0.4, 0.5) is 9.59 Å². The van der Waals surface area contributed by atoms with Crippen LogP contribution in [0.3, 0.4) is 0 Å². The van der Waals surface area contributed by atoms with E-state index in [9.17, 15) is 19.5 Å². The molecule has 2 amide bonds. The summed E-state index contributed by atoms with van der Waals surface area (Å²) >= 11 is 0. The highest BCUT2D eigenvalue weighted by Crippen LogP contribution is 2.32. The third kappa shape index (κ3) is 4.41. The van der Waals surface area contributed by atoms with Crippen LogP contribution in [-0.2, 0) is 0 Å². The van der Waals surface area contributed by atoms with E-state index < -0.39 is 11.5 Å². The number of hydrogen-bond donors (Lipinski definition) is 1. The monoisotopic (exact) mass is 464 g/mol. The molecule has 34 heavy (non-hydrogen) atoms. The number of amides is 2. The summed E-state index contributed by atoms with van der Waals surface area (Å²) in [7, 11) is 0. The van der Waals surface area contributed by atoms with E-state index in [0.717, 1.165) is 25.7 Å². The predicted molar refractivity (Wildman–Crippen MR) is 123 cm³/mol. The minimum atomic E-state index is -0.506. The molecule has 5 rings (SSSR count). The fraction of sp³-hybridized carbons (Fsp3) is 0.320. The first-order valence-corrected chi connectivity index (χ1v) is 11.3. The number of carbonyl (C=O) groups excluding carboxylic acids is 2. The van der Waals surface area contributed by atoms with E-state index in [1.807, 2.05) is 0 Å². The highest BCUT2D eigenvalue weighted by molar-refractivity contribution is 5.87. The van der Waals surface area contributed by atoms with E-state index in [0.29, 0.717) is 37.5 Å². The average Bonchev–Trinajstić information content (AvgIpc) is 3.53. The number of fused-ring (bicyclic) bond motifs is 1. The van der Waals surface area contributed by atoms with Gasteiger partial charge in [-0.3, -0.25) is 4.79 Å². The van der Waals surface area contributed by atoms with Gasteiger partial charge in [0.15, 0.2) is 5.43 Å². The SMILES string of the molecule is O=C(Oc1ccc(-c2cc(=O)c3c(O)cc(OC(=O)N4CCCC4)cc3o2)cc1)N1CCCC1. The molecular weight excluding hydrogens is 440 g/mol. The number of hydrogen-bond acceptors (Lipinski definition) is 7. The maximum Gasteiger partial charge on any atom is 0.415 e. The lowest BCUT2D eigenvalue weighted by atomic mass is 10.1. The van der Waals surface area contributed by atoms with E-state index in [1.165, 1.54) is 18.2 Å². The molecule has 0 spiro atoms. The second-order valence-electron chi connectivity index (χ2n) is 8.44. The first-order chi connectivity index (χ1) is 16.5. The number of rotatable bonds is 3. The van der Waals surface area contributed by atoms with Crippen molar-refractivity contribution in [2.45, 2.75) is 25.7 Å². The molecule has 9 nitrogen and oxygen atoms in total. The van der Waals surface area contributed by atoms with E-state index in [2.05, 4.69) is 0 Å². The third-order valence-electron chi connectivity index (χ3n) is 6.06. The summed E-state index contributed by atoms with van der Waals surface area (Å²) in [4.78, 5) is 40.4. The van der Waals surface area contributed by atoms with E-state index in [4.69, 9.17) is 13.9 Å². The molecule has 2 aromatic carbocycles. The predicted octanol–water partition coefficient (Wildman–Crippen LogP) is 4.35. The Morgan fingerprint density at radius 2 is 1.35 bits per heavy atom. The number of likely N-dealkylation sites (tertiary alicyclic amines) is 2. The second kappa shape index (κ2) is 9.09. The van der Waals surface area contributed by atoms with Crippen molar-refractivity contribution in [1.29, 1.82) is 0 Å². The number of aromatic hydroxyl groups is 1. The van der Waals surface area contributed by atoms with Gasteiger partial charge in [-0.25, -0.2) is 9.59 Å². The van der Waals surface area contributed by atoms with Crippen molar-refractivity contribution in [3.63, 3.8) is 0 Å². The topological polar surface area (TPSA) is 110 Å². The molecule has 0 unspecified atom stereocenters. The van der Waals surface area contributed by atoms with Crippen molar-refractivity contribution in [3.05, 3.63) is 52.7 Å². The summed E-state index contributed by atoms with van der Waals surface area (Å²) in [5.41, 5.74) is 0.242. The zero-order valence-electron chi connectivity index (χ0n) is 18.5. The van der Waals surface area contributed by atoms with Crippen LogP contribution in [0.2, 0.25) is 0 Å². The molecule has 176 valence electrons. The summed E-state index contributed by atoms with van der Waals surface area (Å²) in [5, 5.41) is 10.4. The number of nitrogens with zero attached hydrogens (tertiary/aromatic N) is 2. The molecule has 0 saturated carbocycles. The zero-order valence-corrected chi connectivity index (χ0v) is 18.5. The van der Waals surface area contributed by atoms with Crippen LogP contribution in [-0.4, -0.2) is 53.3 Å². The Bertz CT molecular complexity index is 1290. The number of ether oxygens (including phenoxy) is 2. The maximum atomic E-state index is 12.7. The van der Waals surface area contributed by atoms with Gasteiger partial charge in [-0.2, -0.15) is 0 Å². The van der Waals surface area contributed by atoms with E-state index in [-0.39, 0.29) is 34.3 Å². The third-order valence-corrected chi connectivity index (χ3v) is 6.06. The van der Waals surface area contributed by atoms with Crippen LogP contribution < -0.4 is 14.9 Å². The van der Waals surface area contributed by atoms with Crippen LogP contribution in [0.1, 0.15) is 25.7 Å². The van der Waals surface area contributed by atoms with Gasteiger partial charge in [-0.1, -0.05) is 0 Å². The summed E-state index contributed by atoms with van der Waals surface area (Å²) in [6.45, 7) is 2.64. The molecule has 2 fully saturated rings. The molecule has 2 aliphatic heterocycles. The molecule has 9 heteroatoms. The average molecular weight is 464 g/mol. The fourth-order valence-electron chi connectivity index (χ4n) is 4.26. The van der Waals surface area contributed by atoms with Gasteiger partial charge in [0.25, 0.3) is 0 Å². The van der Waals surface area contributed by atoms with Crippen molar-refractivity contribution >= 4 is 23.2 Å².